The highest BCUT2D eigenvalue weighted by Crippen LogP contribution is 2.57. The van der Waals surface area contributed by atoms with Crippen LogP contribution in [0.25, 0.3) is 43.4 Å². The number of fused-ring (bicyclic) bond motifs is 6. The third-order valence-electron chi connectivity index (χ3n) is 9.12. The van der Waals surface area contributed by atoms with Gasteiger partial charge in [-0.05, 0) is 114 Å². The Bertz CT molecular complexity index is 2130. The quantitative estimate of drug-likeness (QED) is 0.188. The van der Waals surface area contributed by atoms with E-state index < -0.39 is 5.41 Å². The largest absolute Gasteiger partial charge is 0.491 e. The van der Waals surface area contributed by atoms with Gasteiger partial charge in [0.2, 0.25) is 0 Å². The highest BCUT2D eigenvalue weighted by molar-refractivity contribution is 5.97. The molecule has 0 aromatic heterocycles. The zero-order chi connectivity index (χ0) is 30.4. The van der Waals surface area contributed by atoms with E-state index in [1.807, 2.05) is 24.3 Å². The van der Waals surface area contributed by atoms with Crippen LogP contribution in [-0.4, -0.2) is 36.6 Å². The topological polar surface area (TPSA) is 58.9 Å². The summed E-state index contributed by atoms with van der Waals surface area (Å²) in [6.45, 7) is 0.502. The van der Waals surface area contributed by atoms with E-state index in [1.165, 1.54) is 44.2 Å². The molecule has 7 aromatic rings. The maximum Gasteiger partial charge on any atom is 0.120 e. The van der Waals surface area contributed by atoms with Gasteiger partial charge in [0.25, 0.3) is 0 Å². The molecule has 0 heterocycles. The third kappa shape index (κ3) is 4.45. The molecule has 0 saturated carbocycles. The number of hydrogen-bond acceptors (Lipinski definition) is 4. The van der Waals surface area contributed by atoms with Gasteiger partial charge in [0.05, 0.1) is 18.6 Å². The number of rotatable bonds is 8. The maximum atomic E-state index is 9.24. The number of aliphatic hydroxyl groups is 2. The Kier molecular flexibility index (Phi) is 6.75. The Balaban J connectivity index is 1.41. The molecule has 0 spiro atoms. The smallest absolute Gasteiger partial charge is 0.120 e. The molecule has 0 aliphatic heterocycles. The van der Waals surface area contributed by atoms with Gasteiger partial charge < -0.3 is 19.7 Å². The van der Waals surface area contributed by atoms with Crippen molar-refractivity contribution in [3.8, 4) is 22.6 Å². The highest BCUT2D eigenvalue weighted by atomic mass is 16.5. The van der Waals surface area contributed by atoms with E-state index in [2.05, 4.69) is 109 Å². The summed E-state index contributed by atoms with van der Waals surface area (Å²) in [7, 11) is 0. The summed E-state index contributed by atoms with van der Waals surface area (Å²) < 4.78 is 11.4. The zero-order valence-corrected chi connectivity index (χ0v) is 24.7. The number of ether oxygens (including phenoxy) is 2. The first-order valence-corrected chi connectivity index (χ1v) is 15.4. The van der Waals surface area contributed by atoms with Gasteiger partial charge in [0, 0.05) is 0 Å². The standard InChI is InChI=1S/C41H32O4/c42-17-19-44-35-15-11-29-21-33(13-9-31(29)23-35)41(34-14-10-32-24-36(45-20-18-43)16-12-30(32)22-34)39-8-4-3-7-37(39)38-25-27-5-1-2-6-28(27)26-40(38)41/h1-16,21-26,42-43H,17-20H2. The second-order valence-corrected chi connectivity index (χ2v) is 11.6. The van der Waals surface area contributed by atoms with E-state index in [0.29, 0.717) is 0 Å². The molecule has 0 saturated heterocycles. The van der Waals surface area contributed by atoms with Crippen molar-refractivity contribution in [1.29, 1.82) is 0 Å². The molecule has 220 valence electrons. The van der Waals surface area contributed by atoms with Gasteiger partial charge in [-0.1, -0.05) is 84.9 Å². The first kappa shape index (κ1) is 27.4. The molecule has 0 radical (unpaired) electrons. The Morgan fingerprint density at radius 3 is 1.51 bits per heavy atom. The summed E-state index contributed by atoms with van der Waals surface area (Å²) in [5.41, 5.74) is 6.87. The van der Waals surface area contributed by atoms with Crippen LogP contribution in [0.1, 0.15) is 22.3 Å². The summed E-state index contributed by atoms with van der Waals surface area (Å²) in [5, 5.41) is 25.3. The molecule has 7 aromatic carbocycles. The minimum Gasteiger partial charge on any atom is -0.491 e. The fraction of sp³-hybridized carbons (Fsp3) is 0.122. The van der Waals surface area contributed by atoms with Crippen molar-refractivity contribution < 1.29 is 19.7 Å². The average molecular weight is 589 g/mol. The van der Waals surface area contributed by atoms with Crippen molar-refractivity contribution in [2.24, 2.45) is 0 Å². The van der Waals surface area contributed by atoms with E-state index in [9.17, 15) is 10.2 Å². The van der Waals surface area contributed by atoms with Gasteiger partial charge in [-0.15, -0.1) is 0 Å². The molecule has 0 unspecified atom stereocenters. The molecule has 0 fully saturated rings. The van der Waals surface area contributed by atoms with Crippen LogP contribution in [0, 0.1) is 0 Å². The Morgan fingerprint density at radius 1 is 0.422 bits per heavy atom. The predicted octanol–water partition coefficient (Wildman–Crippen LogP) is 8.25. The minimum atomic E-state index is -0.559. The fourth-order valence-corrected chi connectivity index (χ4v) is 7.17. The van der Waals surface area contributed by atoms with Gasteiger partial charge in [0.1, 0.15) is 24.7 Å². The van der Waals surface area contributed by atoms with E-state index in [1.54, 1.807) is 0 Å². The van der Waals surface area contributed by atoms with Gasteiger partial charge in [0.15, 0.2) is 0 Å². The van der Waals surface area contributed by atoms with Crippen molar-refractivity contribution in [3.05, 3.63) is 156 Å². The normalized spacial score (nSPS) is 13.2. The van der Waals surface area contributed by atoms with Gasteiger partial charge in [-0.2, -0.15) is 0 Å². The summed E-state index contributed by atoms with van der Waals surface area (Å²) in [5.74, 6) is 1.50. The van der Waals surface area contributed by atoms with Crippen molar-refractivity contribution in [2.45, 2.75) is 5.41 Å². The maximum absolute atomic E-state index is 9.24. The number of aliphatic hydroxyl groups excluding tert-OH is 2. The summed E-state index contributed by atoms with van der Waals surface area (Å²) in [4.78, 5) is 0. The second-order valence-electron chi connectivity index (χ2n) is 11.6. The Labute approximate surface area is 261 Å². The monoisotopic (exact) mass is 588 g/mol. The second kappa shape index (κ2) is 11.1. The molecule has 0 atom stereocenters. The lowest BCUT2D eigenvalue weighted by Crippen LogP contribution is -2.28. The van der Waals surface area contributed by atoms with Crippen molar-refractivity contribution in [3.63, 3.8) is 0 Å². The van der Waals surface area contributed by atoms with Crippen LogP contribution in [0.5, 0.6) is 11.5 Å². The summed E-state index contributed by atoms with van der Waals surface area (Å²) in [6, 6.07) is 47.9. The molecule has 0 amide bonds. The van der Waals surface area contributed by atoms with Crippen LogP contribution in [-0.2, 0) is 5.41 Å². The van der Waals surface area contributed by atoms with Gasteiger partial charge in [-0.25, -0.2) is 0 Å². The molecule has 4 nitrogen and oxygen atoms in total. The lowest BCUT2D eigenvalue weighted by Gasteiger charge is -2.34. The predicted molar refractivity (Wildman–Crippen MR) is 181 cm³/mol. The van der Waals surface area contributed by atoms with Crippen LogP contribution in [0.15, 0.2) is 133 Å². The van der Waals surface area contributed by atoms with Crippen molar-refractivity contribution in [1.82, 2.24) is 0 Å². The highest BCUT2D eigenvalue weighted by Gasteiger charge is 2.46. The molecule has 1 aliphatic rings. The Morgan fingerprint density at radius 2 is 0.911 bits per heavy atom. The lowest BCUT2D eigenvalue weighted by molar-refractivity contribution is 0.201. The molecular formula is C41H32O4. The SMILES string of the molecule is OCCOc1ccc2cc(C3(c4ccc5cc(OCCO)ccc5c4)c4ccccc4-c4cc5ccccc5cc43)ccc2c1. The summed E-state index contributed by atoms with van der Waals surface area (Å²) >= 11 is 0. The fourth-order valence-electron chi connectivity index (χ4n) is 7.17. The van der Waals surface area contributed by atoms with Gasteiger partial charge >= 0.3 is 0 Å². The minimum absolute atomic E-state index is 0.0181. The first-order chi connectivity index (χ1) is 22.2. The van der Waals surface area contributed by atoms with Crippen LogP contribution in [0.2, 0.25) is 0 Å². The van der Waals surface area contributed by atoms with E-state index in [4.69, 9.17) is 9.47 Å². The molecule has 1 aliphatic carbocycles. The molecule has 45 heavy (non-hydrogen) atoms. The van der Waals surface area contributed by atoms with Crippen LogP contribution < -0.4 is 9.47 Å². The molecule has 2 N–H and O–H groups in total. The van der Waals surface area contributed by atoms with Crippen LogP contribution >= 0.6 is 0 Å². The first-order valence-electron chi connectivity index (χ1n) is 15.4. The van der Waals surface area contributed by atoms with E-state index in [0.717, 1.165) is 33.0 Å². The van der Waals surface area contributed by atoms with Crippen LogP contribution in [0.3, 0.4) is 0 Å². The molecule has 8 rings (SSSR count). The lowest BCUT2D eigenvalue weighted by atomic mass is 9.67. The number of benzene rings is 7. The van der Waals surface area contributed by atoms with E-state index in [-0.39, 0.29) is 26.4 Å². The zero-order valence-electron chi connectivity index (χ0n) is 24.7. The third-order valence-corrected chi connectivity index (χ3v) is 9.12. The summed E-state index contributed by atoms with van der Waals surface area (Å²) in [6.07, 6.45) is 0. The van der Waals surface area contributed by atoms with Crippen molar-refractivity contribution in [2.75, 3.05) is 26.4 Å². The number of hydrogen-bond donors (Lipinski definition) is 2. The van der Waals surface area contributed by atoms with Gasteiger partial charge in [-0.3, -0.25) is 0 Å². The Hall–Kier alpha value is -5.16. The van der Waals surface area contributed by atoms with Crippen molar-refractivity contribution >= 4 is 32.3 Å². The molecule has 0 bridgehead atoms. The molecular weight excluding hydrogens is 556 g/mol. The van der Waals surface area contributed by atoms with E-state index >= 15 is 0 Å². The van der Waals surface area contributed by atoms with Crippen LogP contribution in [0.4, 0.5) is 0 Å². The average Bonchev–Trinajstić information content (AvgIpc) is 3.38. The molecule has 4 heteroatoms.